The zero-order chi connectivity index (χ0) is 19.2. The van der Waals surface area contributed by atoms with Crippen LogP contribution in [0.5, 0.6) is 11.5 Å². The van der Waals surface area contributed by atoms with Crippen LogP contribution in [0.4, 0.5) is 0 Å². The van der Waals surface area contributed by atoms with Gasteiger partial charge in [0.05, 0.1) is 18.7 Å². The van der Waals surface area contributed by atoms with Crippen LogP contribution in [0.2, 0.25) is 5.02 Å². The van der Waals surface area contributed by atoms with Crippen molar-refractivity contribution in [2.24, 2.45) is 0 Å². The smallest absolute Gasteiger partial charge is 0.220 e. The Morgan fingerprint density at radius 3 is 2.74 bits per heavy atom. The van der Waals surface area contributed by atoms with Crippen LogP contribution in [0.1, 0.15) is 17.7 Å². The highest BCUT2D eigenvalue weighted by molar-refractivity contribution is 6.33. The minimum absolute atomic E-state index is 0.0677. The second-order valence-corrected chi connectivity index (χ2v) is 6.44. The second-order valence-electron chi connectivity index (χ2n) is 6.03. The van der Waals surface area contributed by atoms with Crippen molar-refractivity contribution in [2.75, 3.05) is 7.11 Å². The van der Waals surface area contributed by atoms with Gasteiger partial charge in [-0.3, -0.25) is 4.79 Å². The van der Waals surface area contributed by atoms with Crippen molar-refractivity contribution in [1.29, 1.82) is 0 Å². The summed E-state index contributed by atoms with van der Waals surface area (Å²) in [6, 6.07) is 16.2. The molecule has 0 saturated carbocycles. The van der Waals surface area contributed by atoms with Gasteiger partial charge in [-0.15, -0.1) is 0 Å². The molecule has 0 bridgehead atoms. The summed E-state index contributed by atoms with van der Waals surface area (Å²) in [7, 11) is 1.49. The number of phenolic OH excluding ortho intramolecular Hbond substituents is 1. The Hall–Kier alpha value is -2.92. The van der Waals surface area contributed by atoms with E-state index < -0.39 is 0 Å². The number of rotatable bonds is 7. The number of carbonyl (C=O) groups excluding carboxylic acids is 1. The van der Waals surface area contributed by atoms with Crippen LogP contribution >= 0.6 is 11.6 Å². The minimum atomic E-state index is -0.0963. The number of ether oxygens (including phenoxy) is 1. The average Bonchev–Trinajstić information content (AvgIpc) is 3.14. The molecule has 0 aliphatic rings. The van der Waals surface area contributed by atoms with E-state index in [0.29, 0.717) is 41.7 Å². The summed E-state index contributed by atoms with van der Waals surface area (Å²) in [5.41, 5.74) is 1.68. The van der Waals surface area contributed by atoms with Gasteiger partial charge in [-0.1, -0.05) is 29.8 Å². The predicted octanol–water partition coefficient (Wildman–Crippen LogP) is 4.56. The Balaban J connectivity index is 1.51. The summed E-state index contributed by atoms with van der Waals surface area (Å²) in [6.07, 6.45) is 0.830. The third-order valence-electron chi connectivity index (χ3n) is 4.14. The van der Waals surface area contributed by atoms with Crippen molar-refractivity contribution in [3.8, 4) is 22.8 Å². The van der Waals surface area contributed by atoms with Crippen molar-refractivity contribution in [1.82, 2.24) is 5.32 Å². The summed E-state index contributed by atoms with van der Waals surface area (Å²) in [4.78, 5) is 12.1. The first kappa shape index (κ1) is 18.9. The van der Waals surface area contributed by atoms with Gasteiger partial charge in [-0.25, -0.2) is 0 Å². The Bertz CT molecular complexity index is 935. The summed E-state index contributed by atoms with van der Waals surface area (Å²) >= 11 is 6.17. The maximum atomic E-state index is 12.1. The van der Waals surface area contributed by atoms with E-state index in [9.17, 15) is 9.90 Å². The third kappa shape index (κ3) is 4.83. The molecule has 3 rings (SSSR count). The SMILES string of the molecule is COc1ccc(CCC(=O)NCc2ccc(-c3ccccc3Cl)o2)cc1O. The lowest BCUT2D eigenvalue weighted by atomic mass is 10.1. The largest absolute Gasteiger partial charge is 0.504 e. The van der Waals surface area contributed by atoms with Crippen molar-refractivity contribution in [2.45, 2.75) is 19.4 Å². The zero-order valence-electron chi connectivity index (χ0n) is 14.9. The molecule has 0 fully saturated rings. The first-order valence-electron chi connectivity index (χ1n) is 8.53. The molecule has 3 aromatic rings. The highest BCUT2D eigenvalue weighted by Gasteiger charge is 2.10. The lowest BCUT2D eigenvalue weighted by molar-refractivity contribution is -0.121. The Morgan fingerprint density at radius 2 is 2.00 bits per heavy atom. The molecule has 0 saturated heterocycles. The fourth-order valence-electron chi connectivity index (χ4n) is 2.70. The van der Waals surface area contributed by atoms with Gasteiger partial charge in [0.25, 0.3) is 0 Å². The van der Waals surface area contributed by atoms with Gasteiger partial charge in [-0.05, 0) is 48.4 Å². The predicted molar refractivity (Wildman–Crippen MR) is 104 cm³/mol. The number of furan rings is 1. The van der Waals surface area contributed by atoms with Crippen LogP contribution < -0.4 is 10.1 Å². The summed E-state index contributed by atoms with van der Waals surface area (Å²) in [6.45, 7) is 0.303. The quantitative estimate of drug-likeness (QED) is 0.625. The van der Waals surface area contributed by atoms with Gasteiger partial charge >= 0.3 is 0 Å². The molecule has 0 atom stereocenters. The van der Waals surface area contributed by atoms with Crippen LogP contribution in [-0.2, 0) is 17.8 Å². The number of aromatic hydroxyl groups is 1. The van der Waals surface area contributed by atoms with Crippen molar-refractivity contribution in [3.63, 3.8) is 0 Å². The molecule has 1 amide bonds. The highest BCUT2D eigenvalue weighted by Crippen LogP contribution is 2.29. The van der Waals surface area contributed by atoms with E-state index in [0.717, 1.165) is 11.1 Å². The number of phenols is 1. The number of carbonyl (C=O) groups is 1. The number of benzene rings is 2. The molecular weight excluding hydrogens is 366 g/mol. The number of nitrogens with one attached hydrogen (secondary N) is 1. The monoisotopic (exact) mass is 385 g/mol. The topological polar surface area (TPSA) is 71.7 Å². The van der Waals surface area contributed by atoms with E-state index in [1.165, 1.54) is 7.11 Å². The summed E-state index contributed by atoms with van der Waals surface area (Å²) in [5.74, 6) is 1.70. The molecular formula is C21H20ClNO4. The molecule has 140 valence electrons. The van der Waals surface area contributed by atoms with E-state index in [2.05, 4.69) is 5.32 Å². The highest BCUT2D eigenvalue weighted by atomic mass is 35.5. The summed E-state index contributed by atoms with van der Waals surface area (Å²) in [5, 5.41) is 13.2. The number of methoxy groups -OCH3 is 1. The first-order valence-corrected chi connectivity index (χ1v) is 8.91. The molecule has 0 spiro atoms. The van der Waals surface area contributed by atoms with E-state index in [4.69, 9.17) is 20.8 Å². The molecule has 2 N–H and O–H groups in total. The standard InChI is InChI=1S/C21H20ClNO4/c1-26-20-9-6-14(12-18(20)24)7-11-21(25)23-13-15-8-10-19(27-15)16-4-2-3-5-17(16)22/h2-6,8-10,12,24H,7,11,13H2,1H3,(H,23,25). The lowest BCUT2D eigenvalue weighted by Gasteiger charge is -2.07. The Kier molecular flexibility index (Phi) is 6.04. The maximum Gasteiger partial charge on any atom is 0.220 e. The van der Waals surface area contributed by atoms with Gasteiger partial charge in [0.1, 0.15) is 11.5 Å². The lowest BCUT2D eigenvalue weighted by Crippen LogP contribution is -2.22. The molecule has 0 aliphatic heterocycles. The minimum Gasteiger partial charge on any atom is -0.504 e. The molecule has 1 heterocycles. The molecule has 1 aromatic heterocycles. The van der Waals surface area contributed by atoms with Gasteiger partial charge in [0.2, 0.25) is 5.91 Å². The molecule has 2 aromatic carbocycles. The molecule has 5 nitrogen and oxygen atoms in total. The van der Waals surface area contributed by atoms with Gasteiger partial charge in [0.15, 0.2) is 11.5 Å². The fraction of sp³-hybridized carbons (Fsp3) is 0.190. The Morgan fingerprint density at radius 1 is 1.19 bits per heavy atom. The van der Waals surface area contributed by atoms with Crippen LogP contribution in [0.15, 0.2) is 59.0 Å². The van der Waals surface area contributed by atoms with E-state index in [1.807, 2.05) is 36.4 Å². The third-order valence-corrected chi connectivity index (χ3v) is 4.47. The van der Waals surface area contributed by atoms with Crippen molar-refractivity contribution < 1.29 is 19.1 Å². The molecule has 0 radical (unpaired) electrons. The zero-order valence-corrected chi connectivity index (χ0v) is 15.6. The second kappa shape index (κ2) is 8.64. The summed E-state index contributed by atoms with van der Waals surface area (Å²) < 4.78 is 10.8. The van der Waals surface area contributed by atoms with E-state index in [1.54, 1.807) is 18.2 Å². The number of hydrogen-bond donors (Lipinski definition) is 2. The van der Waals surface area contributed by atoms with Gasteiger partial charge in [-0.2, -0.15) is 0 Å². The van der Waals surface area contributed by atoms with Crippen LogP contribution in [0.3, 0.4) is 0 Å². The fourth-order valence-corrected chi connectivity index (χ4v) is 2.93. The van der Waals surface area contributed by atoms with Crippen LogP contribution in [0.25, 0.3) is 11.3 Å². The van der Waals surface area contributed by atoms with Gasteiger partial charge < -0.3 is 19.6 Å². The molecule has 0 unspecified atom stereocenters. The normalized spacial score (nSPS) is 10.6. The maximum absolute atomic E-state index is 12.1. The first-order chi connectivity index (χ1) is 13.1. The number of halogens is 1. The van der Waals surface area contributed by atoms with E-state index in [-0.39, 0.29) is 11.7 Å². The Labute approximate surface area is 162 Å². The molecule has 27 heavy (non-hydrogen) atoms. The van der Waals surface area contributed by atoms with Crippen molar-refractivity contribution in [3.05, 3.63) is 70.9 Å². The average molecular weight is 386 g/mol. The number of aryl methyl sites for hydroxylation is 1. The van der Waals surface area contributed by atoms with Crippen molar-refractivity contribution >= 4 is 17.5 Å². The number of hydrogen-bond acceptors (Lipinski definition) is 4. The number of amides is 1. The van der Waals surface area contributed by atoms with Crippen LogP contribution in [-0.4, -0.2) is 18.1 Å². The molecule has 6 heteroatoms. The molecule has 0 aliphatic carbocycles. The van der Waals surface area contributed by atoms with Gasteiger partial charge in [0, 0.05) is 12.0 Å². The van der Waals surface area contributed by atoms with Crippen LogP contribution in [0, 0.1) is 0 Å². The van der Waals surface area contributed by atoms with E-state index >= 15 is 0 Å².